The Morgan fingerprint density at radius 3 is 1.78 bits per heavy atom. The molecule has 0 aliphatic carbocycles. The summed E-state index contributed by atoms with van der Waals surface area (Å²) in [6.45, 7) is 1.23. The predicted molar refractivity (Wildman–Crippen MR) is 155 cm³/mol. The van der Waals surface area contributed by atoms with Crippen molar-refractivity contribution in [2.45, 2.75) is 31.5 Å². The van der Waals surface area contributed by atoms with Gasteiger partial charge in [-0.25, -0.2) is 24.2 Å². The number of hydrogen-bond donors (Lipinski definition) is 0. The maximum atomic E-state index is 13.3. The molecule has 45 heavy (non-hydrogen) atoms. The summed E-state index contributed by atoms with van der Waals surface area (Å²) < 4.78 is 29.7. The van der Waals surface area contributed by atoms with Crippen molar-refractivity contribution < 1.29 is 42.9 Å². The van der Waals surface area contributed by atoms with Crippen LogP contribution in [0.4, 0.5) is 0 Å². The van der Waals surface area contributed by atoms with Crippen molar-refractivity contribution in [2.24, 2.45) is 0 Å². The van der Waals surface area contributed by atoms with Gasteiger partial charge in [-0.3, -0.25) is 4.57 Å². The van der Waals surface area contributed by atoms with E-state index >= 15 is 0 Å². The molecule has 4 atom stereocenters. The maximum Gasteiger partial charge on any atom is 0.359 e. The number of imidazole rings is 1. The number of carbonyl (C=O) groups is 4. The van der Waals surface area contributed by atoms with Gasteiger partial charge in [-0.15, -0.1) is 0 Å². The zero-order chi connectivity index (χ0) is 31.8. The van der Waals surface area contributed by atoms with Gasteiger partial charge in [0.15, 0.2) is 29.8 Å². The Kier molecular flexibility index (Phi) is 9.61. The number of carbonyl (C=O) groups excluding carboxylic acids is 4. The first-order valence-corrected chi connectivity index (χ1v) is 13.9. The standard InChI is InChI=1S/C33H27N3O9/c1-2-41-33(40)26-24(18-34)36(20-35-26)29-28(45-32(39)23-16-10-5-11-17-23)27(44-31(38)22-14-8-4-9-15-22)25(43-29)19-42-30(37)21-12-6-3-7-13-21/h3-17,20,25,27-29H,2,19H2,1H3/t25-,27-,28-,29-/m1/s1. The summed E-state index contributed by atoms with van der Waals surface area (Å²) in [6.07, 6.45) is -4.07. The van der Waals surface area contributed by atoms with E-state index < -0.39 is 55.0 Å². The van der Waals surface area contributed by atoms with E-state index in [1.165, 1.54) is 16.7 Å². The van der Waals surface area contributed by atoms with Gasteiger partial charge in [0.2, 0.25) is 0 Å². The summed E-state index contributed by atoms with van der Waals surface area (Å²) in [5.74, 6) is -3.05. The van der Waals surface area contributed by atoms with Crippen molar-refractivity contribution in [2.75, 3.05) is 13.2 Å². The average molecular weight is 610 g/mol. The lowest BCUT2D eigenvalue weighted by Gasteiger charge is -2.25. The van der Waals surface area contributed by atoms with Gasteiger partial charge in [0.25, 0.3) is 0 Å². The van der Waals surface area contributed by atoms with E-state index in [2.05, 4.69) is 4.98 Å². The molecule has 5 rings (SSSR count). The molecule has 0 spiro atoms. The van der Waals surface area contributed by atoms with Crippen LogP contribution in [0.1, 0.15) is 60.4 Å². The van der Waals surface area contributed by atoms with E-state index in [-0.39, 0.29) is 34.7 Å². The van der Waals surface area contributed by atoms with Crippen molar-refractivity contribution in [3.8, 4) is 6.07 Å². The SMILES string of the molecule is CCOC(=O)c1ncn([C@@H]2O[C@H](COC(=O)c3ccccc3)[C@@H](OC(=O)c3ccccc3)[C@H]2OC(=O)c2ccccc2)c1C#N. The quantitative estimate of drug-likeness (QED) is 0.188. The van der Waals surface area contributed by atoms with Gasteiger partial charge < -0.3 is 23.7 Å². The molecule has 0 amide bonds. The first kappa shape index (κ1) is 30.7. The van der Waals surface area contributed by atoms with Crippen LogP contribution in [0.5, 0.6) is 0 Å². The summed E-state index contributed by atoms with van der Waals surface area (Å²) in [6, 6.07) is 26.3. The minimum absolute atomic E-state index is 0.0418. The molecule has 12 heteroatoms. The Bertz CT molecular complexity index is 1700. The Balaban J connectivity index is 1.53. The van der Waals surface area contributed by atoms with Crippen LogP contribution in [0.25, 0.3) is 0 Å². The van der Waals surface area contributed by atoms with Crippen LogP contribution in [-0.2, 0) is 23.7 Å². The molecule has 0 bridgehead atoms. The number of benzene rings is 3. The van der Waals surface area contributed by atoms with Crippen LogP contribution in [0.3, 0.4) is 0 Å². The minimum Gasteiger partial charge on any atom is -0.461 e. The van der Waals surface area contributed by atoms with Gasteiger partial charge in [-0.1, -0.05) is 54.6 Å². The second-order valence-corrected chi connectivity index (χ2v) is 9.68. The molecular weight excluding hydrogens is 582 g/mol. The van der Waals surface area contributed by atoms with Crippen LogP contribution in [0.2, 0.25) is 0 Å². The van der Waals surface area contributed by atoms with Crippen molar-refractivity contribution in [3.05, 3.63) is 125 Å². The fourth-order valence-corrected chi connectivity index (χ4v) is 4.69. The summed E-state index contributed by atoms with van der Waals surface area (Å²) >= 11 is 0. The third-order valence-electron chi connectivity index (χ3n) is 6.82. The minimum atomic E-state index is -1.39. The number of rotatable bonds is 10. The predicted octanol–water partition coefficient (Wildman–Crippen LogP) is 4.14. The molecular formula is C33H27N3O9. The van der Waals surface area contributed by atoms with Crippen LogP contribution < -0.4 is 0 Å². The van der Waals surface area contributed by atoms with Gasteiger partial charge in [-0.05, 0) is 43.3 Å². The van der Waals surface area contributed by atoms with Crippen molar-refractivity contribution in [1.29, 1.82) is 5.26 Å². The molecule has 0 unspecified atom stereocenters. The fraction of sp³-hybridized carbons (Fsp3) is 0.212. The molecule has 1 saturated heterocycles. The first-order chi connectivity index (χ1) is 21.9. The molecule has 0 saturated carbocycles. The maximum absolute atomic E-state index is 13.3. The van der Waals surface area contributed by atoms with Gasteiger partial charge in [0, 0.05) is 0 Å². The molecule has 4 aromatic rings. The molecule has 2 heterocycles. The molecule has 12 nitrogen and oxygen atoms in total. The van der Waals surface area contributed by atoms with Gasteiger partial charge in [-0.2, -0.15) is 5.26 Å². The number of aromatic nitrogens is 2. The monoisotopic (exact) mass is 609 g/mol. The number of ether oxygens (including phenoxy) is 5. The van der Waals surface area contributed by atoms with E-state index in [4.69, 9.17) is 23.7 Å². The largest absolute Gasteiger partial charge is 0.461 e. The molecule has 1 fully saturated rings. The van der Waals surface area contributed by atoms with Crippen molar-refractivity contribution in [1.82, 2.24) is 9.55 Å². The molecule has 0 N–H and O–H groups in total. The number of esters is 4. The van der Waals surface area contributed by atoms with Crippen LogP contribution in [0.15, 0.2) is 97.3 Å². The summed E-state index contributed by atoms with van der Waals surface area (Å²) in [7, 11) is 0. The second-order valence-electron chi connectivity index (χ2n) is 9.68. The second kappa shape index (κ2) is 14.1. The van der Waals surface area contributed by atoms with Crippen LogP contribution in [-0.4, -0.2) is 65.0 Å². The van der Waals surface area contributed by atoms with E-state index in [0.29, 0.717) is 0 Å². The normalized spacial score (nSPS) is 18.8. The molecule has 228 valence electrons. The van der Waals surface area contributed by atoms with Crippen LogP contribution >= 0.6 is 0 Å². The summed E-state index contributed by atoms with van der Waals surface area (Å²) in [5, 5.41) is 10.0. The van der Waals surface area contributed by atoms with Gasteiger partial charge in [0.05, 0.1) is 29.6 Å². The number of hydrogen-bond acceptors (Lipinski definition) is 11. The summed E-state index contributed by atoms with van der Waals surface area (Å²) in [5.41, 5.74) is 0.153. The lowest BCUT2D eigenvalue weighted by Crippen LogP contribution is -2.41. The first-order valence-electron chi connectivity index (χ1n) is 13.9. The highest BCUT2D eigenvalue weighted by Gasteiger charge is 2.52. The lowest BCUT2D eigenvalue weighted by molar-refractivity contribution is -0.0624. The average Bonchev–Trinajstić information content (AvgIpc) is 3.65. The highest BCUT2D eigenvalue weighted by atomic mass is 16.7. The summed E-state index contributed by atoms with van der Waals surface area (Å²) in [4.78, 5) is 56.0. The third kappa shape index (κ3) is 6.90. The molecule has 1 aliphatic rings. The zero-order valence-corrected chi connectivity index (χ0v) is 24.0. The highest BCUT2D eigenvalue weighted by molar-refractivity contribution is 5.91. The van der Waals surface area contributed by atoms with Gasteiger partial charge >= 0.3 is 23.9 Å². The number of nitriles is 1. The van der Waals surface area contributed by atoms with E-state index in [1.54, 1.807) is 85.8 Å². The third-order valence-corrected chi connectivity index (χ3v) is 6.82. The molecule has 1 aromatic heterocycles. The highest BCUT2D eigenvalue weighted by Crippen LogP contribution is 2.36. The van der Waals surface area contributed by atoms with Crippen molar-refractivity contribution in [3.63, 3.8) is 0 Å². The molecule has 1 aliphatic heterocycles. The number of nitrogens with zero attached hydrogens (tertiary/aromatic N) is 3. The smallest absolute Gasteiger partial charge is 0.359 e. The van der Waals surface area contributed by atoms with E-state index in [0.717, 1.165) is 6.33 Å². The Labute approximate surface area is 257 Å². The Morgan fingerprint density at radius 2 is 1.27 bits per heavy atom. The lowest BCUT2D eigenvalue weighted by atomic mass is 10.1. The molecule has 3 aromatic carbocycles. The Hall–Kier alpha value is -5.80. The van der Waals surface area contributed by atoms with Crippen molar-refractivity contribution >= 4 is 23.9 Å². The zero-order valence-electron chi connectivity index (χ0n) is 24.0. The van der Waals surface area contributed by atoms with E-state index in [9.17, 15) is 24.4 Å². The fourth-order valence-electron chi connectivity index (χ4n) is 4.69. The molecule has 0 radical (unpaired) electrons. The Morgan fingerprint density at radius 1 is 0.756 bits per heavy atom. The van der Waals surface area contributed by atoms with Crippen LogP contribution in [0, 0.1) is 11.3 Å². The van der Waals surface area contributed by atoms with Gasteiger partial charge in [0.1, 0.15) is 18.8 Å². The topological polar surface area (TPSA) is 156 Å². The van der Waals surface area contributed by atoms with E-state index in [1.807, 2.05) is 6.07 Å².